The van der Waals surface area contributed by atoms with Crippen molar-refractivity contribution in [3.8, 4) is 11.5 Å². The first-order valence-corrected chi connectivity index (χ1v) is 6.19. The Morgan fingerprint density at radius 3 is 1.42 bits per heavy atom. The van der Waals surface area contributed by atoms with Gasteiger partial charge in [0.05, 0.1) is 14.2 Å². The Kier molecular flexibility index (Phi) is 4.42. The van der Waals surface area contributed by atoms with Gasteiger partial charge in [-0.15, -0.1) is 0 Å². The molecular formula is C16H19NO2. The minimum Gasteiger partial charge on any atom is -0.497 e. The monoisotopic (exact) mass is 257 g/mol. The second-order valence-electron chi connectivity index (χ2n) is 4.26. The van der Waals surface area contributed by atoms with Gasteiger partial charge in [0.15, 0.2) is 0 Å². The third-order valence-corrected chi connectivity index (χ3v) is 3.19. The maximum Gasteiger partial charge on any atom is 0.118 e. The lowest BCUT2D eigenvalue weighted by atomic mass is 9.99. The molecule has 0 aliphatic heterocycles. The topological polar surface area (TPSA) is 35.1 Å². The summed E-state index contributed by atoms with van der Waals surface area (Å²) in [5.41, 5.74) is 2.39. The predicted molar refractivity (Wildman–Crippen MR) is 75.1 cm³/mol. The van der Waals surface area contributed by atoms with Crippen LogP contribution in [-0.2, 0) is 0 Å². The molecule has 0 amide bonds. The van der Waals surface area contributed by atoms with Crippen molar-refractivity contribution in [2.45, 2.75) is 6.04 Å². The Bertz CT molecular complexity index is 458. The first-order valence-electron chi connectivity index (χ1n) is 6.19. The highest BCUT2D eigenvalue weighted by atomic mass is 16.5. The van der Waals surface area contributed by atoms with E-state index in [4.69, 9.17) is 9.47 Å². The lowest BCUT2D eigenvalue weighted by molar-refractivity contribution is -0.630. The molecule has 3 nitrogen and oxygen atoms in total. The highest BCUT2D eigenvalue weighted by molar-refractivity contribution is 5.36. The summed E-state index contributed by atoms with van der Waals surface area (Å²) >= 11 is 0. The molecule has 2 aromatic rings. The van der Waals surface area contributed by atoms with E-state index in [1.54, 1.807) is 14.2 Å². The Morgan fingerprint density at radius 2 is 1.16 bits per heavy atom. The van der Waals surface area contributed by atoms with Crippen molar-refractivity contribution in [1.82, 2.24) is 0 Å². The molecule has 0 heterocycles. The van der Waals surface area contributed by atoms with Crippen molar-refractivity contribution in [3.63, 3.8) is 0 Å². The molecule has 0 saturated heterocycles. The number of nitrogens with two attached hydrogens (primary N) is 1. The van der Waals surface area contributed by atoms with Gasteiger partial charge in [0.25, 0.3) is 0 Å². The molecule has 19 heavy (non-hydrogen) atoms. The van der Waals surface area contributed by atoms with E-state index >= 15 is 0 Å². The van der Waals surface area contributed by atoms with Crippen molar-refractivity contribution >= 4 is 0 Å². The van der Waals surface area contributed by atoms with E-state index in [9.17, 15) is 0 Å². The molecule has 0 spiro atoms. The fraction of sp³-hybridized carbons (Fsp3) is 0.188. The summed E-state index contributed by atoms with van der Waals surface area (Å²) in [6.07, 6.45) is 0. The van der Waals surface area contributed by atoms with Crippen LogP contribution in [0.25, 0.3) is 0 Å². The number of methoxy groups -OCH3 is 2. The Balaban J connectivity index is 2.26. The van der Waals surface area contributed by atoms with Crippen molar-refractivity contribution in [2.24, 2.45) is 0 Å². The van der Waals surface area contributed by atoms with E-state index in [1.165, 1.54) is 11.1 Å². The zero-order valence-corrected chi connectivity index (χ0v) is 11.3. The maximum atomic E-state index is 5.18. The molecule has 0 aromatic heterocycles. The van der Waals surface area contributed by atoms with Crippen molar-refractivity contribution in [1.29, 1.82) is 0 Å². The number of ether oxygens (including phenoxy) is 2. The third-order valence-electron chi connectivity index (χ3n) is 3.19. The molecule has 0 aliphatic carbocycles. The molecule has 0 unspecified atom stereocenters. The van der Waals surface area contributed by atoms with E-state index in [2.05, 4.69) is 31.3 Å². The molecular weight excluding hydrogens is 238 g/mol. The average molecular weight is 257 g/mol. The van der Waals surface area contributed by atoms with Crippen LogP contribution < -0.4 is 14.8 Å². The fourth-order valence-electron chi connectivity index (χ4n) is 2.09. The van der Waals surface area contributed by atoms with Crippen molar-refractivity contribution in [3.05, 3.63) is 66.7 Å². The first-order chi connectivity index (χ1) is 9.28. The average Bonchev–Trinajstić information content (AvgIpc) is 2.49. The quantitative estimate of drug-likeness (QED) is 0.833. The highest BCUT2D eigenvalue weighted by Gasteiger charge is 2.13. The van der Waals surface area contributed by atoms with Gasteiger partial charge in [0, 0.05) is 11.1 Å². The zero-order valence-electron chi connectivity index (χ0n) is 11.3. The first kappa shape index (κ1) is 13.4. The highest BCUT2D eigenvalue weighted by Crippen LogP contribution is 2.22. The molecule has 0 radical (unpaired) electrons. The molecule has 0 saturated carbocycles. The smallest absolute Gasteiger partial charge is 0.118 e. The second-order valence-corrected chi connectivity index (χ2v) is 4.26. The minimum atomic E-state index is 0.178. The van der Waals surface area contributed by atoms with Crippen molar-refractivity contribution in [2.75, 3.05) is 14.2 Å². The van der Waals surface area contributed by atoms with Gasteiger partial charge in [0.1, 0.15) is 17.5 Å². The summed E-state index contributed by atoms with van der Waals surface area (Å²) in [5.74, 6) is 1.72. The van der Waals surface area contributed by atoms with Crippen LogP contribution in [0.3, 0.4) is 0 Å². The molecule has 100 valence electrons. The van der Waals surface area contributed by atoms with Gasteiger partial charge in [-0.2, -0.15) is 7.05 Å². The van der Waals surface area contributed by atoms with E-state index < -0.39 is 0 Å². The summed E-state index contributed by atoms with van der Waals surface area (Å²) in [5, 5.41) is 1.95. The molecule has 2 aromatic carbocycles. The van der Waals surface area contributed by atoms with E-state index in [0.29, 0.717) is 0 Å². The third kappa shape index (κ3) is 3.06. The van der Waals surface area contributed by atoms with Crippen LogP contribution in [0.4, 0.5) is 0 Å². The van der Waals surface area contributed by atoms with Crippen LogP contribution in [0.1, 0.15) is 17.2 Å². The summed E-state index contributed by atoms with van der Waals surface area (Å²) in [4.78, 5) is 0. The van der Waals surface area contributed by atoms with E-state index in [-0.39, 0.29) is 6.04 Å². The summed E-state index contributed by atoms with van der Waals surface area (Å²) in [6.45, 7) is 0. The van der Waals surface area contributed by atoms with Crippen LogP contribution in [0.2, 0.25) is 0 Å². The lowest BCUT2D eigenvalue weighted by Crippen LogP contribution is -2.78. The van der Waals surface area contributed by atoms with Gasteiger partial charge in [0.2, 0.25) is 0 Å². The molecule has 0 fully saturated rings. The molecule has 3 heteroatoms. The molecule has 0 bridgehead atoms. The van der Waals surface area contributed by atoms with Crippen LogP contribution in [0.5, 0.6) is 11.5 Å². The van der Waals surface area contributed by atoms with Gasteiger partial charge in [-0.1, -0.05) is 0 Å². The SMILES string of the molecule is [CH2-][NH2+]C(c1ccc(OC)cc1)c1ccc(OC)cc1. The van der Waals surface area contributed by atoms with Crippen LogP contribution in [0.15, 0.2) is 48.5 Å². The molecule has 0 aliphatic rings. The van der Waals surface area contributed by atoms with Gasteiger partial charge < -0.3 is 14.8 Å². The Hall–Kier alpha value is -2.00. The number of quaternary nitrogens is 1. The number of benzene rings is 2. The van der Waals surface area contributed by atoms with Crippen LogP contribution >= 0.6 is 0 Å². The van der Waals surface area contributed by atoms with Gasteiger partial charge in [-0.05, 0) is 48.5 Å². The lowest BCUT2D eigenvalue weighted by Gasteiger charge is -2.18. The minimum absolute atomic E-state index is 0.178. The maximum absolute atomic E-state index is 5.18. The number of hydrogen-bond donors (Lipinski definition) is 1. The normalized spacial score (nSPS) is 10.5. The van der Waals surface area contributed by atoms with Gasteiger partial charge in [-0.3, -0.25) is 0 Å². The van der Waals surface area contributed by atoms with Crippen LogP contribution in [-0.4, -0.2) is 14.2 Å². The predicted octanol–water partition coefficient (Wildman–Crippen LogP) is 2.15. The second kappa shape index (κ2) is 6.25. The fourth-order valence-corrected chi connectivity index (χ4v) is 2.09. The standard InChI is InChI=1S/C16H19NO2/c1-17-16(12-4-8-14(18-2)9-5-12)13-6-10-15(19-3)11-7-13/h4-11,16H,1,17H2,2-3H3. The summed E-state index contributed by atoms with van der Waals surface area (Å²) in [6, 6.07) is 16.3. The molecule has 0 atom stereocenters. The molecule has 2 rings (SSSR count). The Labute approximate surface area is 114 Å². The van der Waals surface area contributed by atoms with Crippen molar-refractivity contribution < 1.29 is 14.8 Å². The van der Waals surface area contributed by atoms with E-state index in [1.807, 2.05) is 29.6 Å². The van der Waals surface area contributed by atoms with Gasteiger partial charge in [-0.25, -0.2) is 0 Å². The molecule has 2 N–H and O–H groups in total. The number of rotatable bonds is 5. The van der Waals surface area contributed by atoms with Gasteiger partial charge >= 0.3 is 0 Å². The summed E-state index contributed by atoms with van der Waals surface area (Å²) < 4.78 is 10.4. The van der Waals surface area contributed by atoms with Crippen LogP contribution in [0, 0.1) is 7.05 Å². The summed E-state index contributed by atoms with van der Waals surface area (Å²) in [7, 11) is 7.28. The largest absolute Gasteiger partial charge is 0.497 e. The number of hydrogen-bond acceptors (Lipinski definition) is 2. The van der Waals surface area contributed by atoms with E-state index in [0.717, 1.165) is 11.5 Å². The Morgan fingerprint density at radius 1 is 0.789 bits per heavy atom. The zero-order chi connectivity index (χ0) is 13.7.